The Labute approximate surface area is 147 Å². The maximum atomic E-state index is 12.5. The molecule has 0 bridgehead atoms. The van der Waals surface area contributed by atoms with Crippen LogP contribution in [0.15, 0.2) is 42.9 Å². The molecule has 0 radical (unpaired) electrons. The lowest BCUT2D eigenvalue weighted by Crippen LogP contribution is -2.24. The van der Waals surface area contributed by atoms with Crippen LogP contribution in [0.4, 0.5) is 0 Å². The van der Waals surface area contributed by atoms with Crippen LogP contribution in [0.1, 0.15) is 32.6 Å². The van der Waals surface area contributed by atoms with Gasteiger partial charge < -0.3 is 5.32 Å². The molecule has 0 fully saturated rings. The smallest absolute Gasteiger partial charge is 0.252 e. The van der Waals surface area contributed by atoms with Crippen molar-refractivity contribution in [3.8, 4) is 11.3 Å². The lowest BCUT2D eigenvalue weighted by Gasteiger charge is -2.12. The molecule has 0 aliphatic carbocycles. The van der Waals surface area contributed by atoms with E-state index in [1.54, 1.807) is 17.1 Å². The zero-order valence-corrected chi connectivity index (χ0v) is 15.0. The van der Waals surface area contributed by atoms with E-state index in [2.05, 4.69) is 15.4 Å². The van der Waals surface area contributed by atoms with E-state index in [4.69, 9.17) is 0 Å². The summed E-state index contributed by atoms with van der Waals surface area (Å²) in [5, 5.41) is 7.14. The lowest BCUT2D eigenvalue weighted by molar-refractivity contribution is 0.0949. The number of pyridine rings is 1. The fourth-order valence-corrected chi connectivity index (χ4v) is 3.06. The average Bonchev–Trinajstić information content (AvgIpc) is 2.99. The van der Waals surface area contributed by atoms with Crippen molar-refractivity contribution < 1.29 is 4.79 Å². The highest BCUT2D eigenvalue weighted by Gasteiger charge is 2.12. The van der Waals surface area contributed by atoms with Crippen molar-refractivity contribution in [2.75, 3.05) is 0 Å². The Balaban J connectivity index is 1.68. The number of rotatable bonds is 4. The van der Waals surface area contributed by atoms with Crippen LogP contribution >= 0.6 is 0 Å². The number of aryl methyl sites for hydroxylation is 4. The quantitative estimate of drug-likeness (QED) is 0.796. The van der Waals surface area contributed by atoms with Gasteiger partial charge in [-0.2, -0.15) is 5.10 Å². The number of carbonyl (C=O) groups is 1. The van der Waals surface area contributed by atoms with Crippen molar-refractivity contribution in [2.24, 2.45) is 7.05 Å². The van der Waals surface area contributed by atoms with Gasteiger partial charge in [-0.25, -0.2) is 0 Å². The van der Waals surface area contributed by atoms with Gasteiger partial charge in [0, 0.05) is 37.1 Å². The summed E-state index contributed by atoms with van der Waals surface area (Å²) in [6, 6.07) is 7.99. The van der Waals surface area contributed by atoms with Gasteiger partial charge in [-0.1, -0.05) is 23.8 Å². The minimum Gasteiger partial charge on any atom is -0.348 e. The van der Waals surface area contributed by atoms with Gasteiger partial charge >= 0.3 is 0 Å². The van der Waals surface area contributed by atoms with E-state index in [0.29, 0.717) is 6.54 Å². The molecule has 25 heavy (non-hydrogen) atoms. The Morgan fingerprint density at radius 1 is 1.12 bits per heavy atom. The summed E-state index contributed by atoms with van der Waals surface area (Å²) >= 11 is 0. The van der Waals surface area contributed by atoms with Gasteiger partial charge in [-0.05, 0) is 43.5 Å². The molecular formula is C20H22N4O. The topological polar surface area (TPSA) is 59.8 Å². The Morgan fingerprint density at radius 3 is 2.40 bits per heavy atom. The third-order valence-corrected chi connectivity index (χ3v) is 4.18. The molecule has 0 unspecified atom stereocenters. The molecule has 0 spiro atoms. The number of benzene rings is 1. The van der Waals surface area contributed by atoms with Crippen LogP contribution < -0.4 is 5.32 Å². The molecule has 0 aliphatic rings. The molecule has 0 saturated carbocycles. The van der Waals surface area contributed by atoms with E-state index in [1.807, 2.05) is 58.3 Å². The van der Waals surface area contributed by atoms with Crippen LogP contribution in [0.25, 0.3) is 11.3 Å². The van der Waals surface area contributed by atoms with E-state index < -0.39 is 0 Å². The van der Waals surface area contributed by atoms with Gasteiger partial charge in [-0.15, -0.1) is 0 Å². The molecule has 5 nitrogen and oxygen atoms in total. The van der Waals surface area contributed by atoms with Gasteiger partial charge in [0.2, 0.25) is 0 Å². The lowest BCUT2D eigenvalue weighted by atomic mass is 9.99. The van der Waals surface area contributed by atoms with Gasteiger partial charge in [0.1, 0.15) is 0 Å². The molecule has 5 heteroatoms. The summed E-state index contributed by atoms with van der Waals surface area (Å²) in [6.07, 6.45) is 5.50. The summed E-state index contributed by atoms with van der Waals surface area (Å²) in [4.78, 5) is 17.0. The maximum absolute atomic E-state index is 12.5. The van der Waals surface area contributed by atoms with E-state index in [9.17, 15) is 4.79 Å². The Bertz CT molecular complexity index is 887. The number of amides is 1. The molecule has 2 aromatic heterocycles. The molecule has 0 saturated heterocycles. The number of aromatic nitrogens is 3. The highest BCUT2D eigenvalue weighted by molar-refractivity contribution is 5.97. The normalized spacial score (nSPS) is 10.7. The highest BCUT2D eigenvalue weighted by Crippen LogP contribution is 2.17. The summed E-state index contributed by atoms with van der Waals surface area (Å²) in [5.74, 6) is -0.0497. The summed E-state index contributed by atoms with van der Waals surface area (Å²) in [6.45, 7) is 6.43. The van der Waals surface area contributed by atoms with Crippen molar-refractivity contribution in [1.82, 2.24) is 20.1 Å². The summed E-state index contributed by atoms with van der Waals surface area (Å²) in [5.41, 5.74) is 6.73. The van der Waals surface area contributed by atoms with E-state index in [-0.39, 0.29) is 5.91 Å². The molecule has 3 rings (SSSR count). The predicted molar refractivity (Wildman–Crippen MR) is 98.3 cm³/mol. The standard InChI is InChI=1S/C20H22N4O/c1-13-7-14(2)19(15(3)8-13)20(25)22-10-16-5-6-18(21-9-16)17-11-23-24(4)12-17/h5-9,11-12H,10H2,1-4H3,(H,22,25). The van der Waals surface area contributed by atoms with Gasteiger partial charge in [0.05, 0.1) is 11.9 Å². The van der Waals surface area contributed by atoms with Crippen molar-refractivity contribution >= 4 is 5.91 Å². The third kappa shape index (κ3) is 3.76. The average molecular weight is 334 g/mol. The fourth-order valence-electron chi connectivity index (χ4n) is 3.06. The van der Waals surface area contributed by atoms with Crippen LogP contribution in [-0.4, -0.2) is 20.7 Å². The molecule has 2 heterocycles. The van der Waals surface area contributed by atoms with Crippen LogP contribution in [0.2, 0.25) is 0 Å². The molecule has 1 N–H and O–H groups in total. The van der Waals surface area contributed by atoms with Crippen LogP contribution in [-0.2, 0) is 13.6 Å². The second kappa shape index (κ2) is 6.89. The van der Waals surface area contributed by atoms with E-state index in [0.717, 1.165) is 33.5 Å². The molecule has 0 atom stereocenters. The van der Waals surface area contributed by atoms with Crippen molar-refractivity contribution in [3.63, 3.8) is 0 Å². The fraction of sp³-hybridized carbons (Fsp3) is 0.250. The highest BCUT2D eigenvalue weighted by atomic mass is 16.1. The van der Waals surface area contributed by atoms with Crippen LogP contribution in [0.5, 0.6) is 0 Å². The summed E-state index contributed by atoms with van der Waals surface area (Å²) in [7, 11) is 1.88. The van der Waals surface area contributed by atoms with Crippen molar-refractivity contribution in [1.29, 1.82) is 0 Å². The monoisotopic (exact) mass is 334 g/mol. The molecule has 1 aromatic carbocycles. The molecule has 128 valence electrons. The largest absolute Gasteiger partial charge is 0.348 e. The minimum absolute atomic E-state index is 0.0497. The number of carbonyl (C=O) groups excluding carboxylic acids is 1. The number of nitrogens with one attached hydrogen (secondary N) is 1. The maximum Gasteiger partial charge on any atom is 0.252 e. The molecule has 1 amide bonds. The minimum atomic E-state index is -0.0497. The number of hydrogen-bond donors (Lipinski definition) is 1. The zero-order chi connectivity index (χ0) is 18.0. The summed E-state index contributed by atoms with van der Waals surface area (Å²) < 4.78 is 1.75. The predicted octanol–water partition coefficient (Wildman–Crippen LogP) is 3.34. The number of hydrogen-bond acceptors (Lipinski definition) is 3. The van der Waals surface area contributed by atoms with Crippen LogP contribution in [0, 0.1) is 20.8 Å². The molecule has 0 aliphatic heterocycles. The Kier molecular flexibility index (Phi) is 4.65. The second-order valence-electron chi connectivity index (χ2n) is 6.41. The van der Waals surface area contributed by atoms with Gasteiger partial charge in [0.15, 0.2) is 0 Å². The number of nitrogens with zero attached hydrogens (tertiary/aromatic N) is 3. The van der Waals surface area contributed by atoms with Crippen LogP contribution in [0.3, 0.4) is 0 Å². The van der Waals surface area contributed by atoms with Crippen molar-refractivity contribution in [2.45, 2.75) is 27.3 Å². The van der Waals surface area contributed by atoms with E-state index >= 15 is 0 Å². The molecule has 3 aromatic rings. The van der Waals surface area contributed by atoms with Crippen molar-refractivity contribution in [3.05, 3.63) is 70.7 Å². The molecular weight excluding hydrogens is 312 g/mol. The Morgan fingerprint density at radius 2 is 1.84 bits per heavy atom. The van der Waals surface area contributed by atoms with Gasteiger partial charge in [-0.3, -0.25) is 14.5 Å². The first-order chi connectivity index (χ1) is 11.9. The Hall–Kier alpha value is -2.95. The second-order valence-corrected chi connectivity index (χ2v) is 6.41. The van der Waals surface area contributed by atoms with E-state index in [1.165, 1.54) is 5.56 Å². The first-order valence-electron chi connectivity index (χ1n) is 8.24. The first kappa shape index (κ1) is 16.9. The van der Waals surface area contributed by atoms with Gasteiger partial charge in [0.25, 0.3) is 5.91 Å². The third-order valence-electron chi connectivity index (χ3n) is 4.18. The SMILES string of the molecule is Cc1cc(C)c(C(=O)NCc2ccc(-c3cnn(C)c3)nc2)c(C)c1. The zero-order valence-electron chi connectivity index (χ0n) is 15.0. The first-order valence-corrected chi connectivity index (χ1v) is 8.24.